The van der Waals surface area contributed by atoms with Gasteiger partial charge in [0.25, 0.3) is 0 Å². The van der Waals surface area contributed by atoms with E-state index in [0.717, 1.165) is 18.7 Å². The summed E-state index contributed by atoms with van der Waals surface area (Å²) in [5, 5.41) is 0. The average Bonchev–Trinajstić information content (AvgIpc) is 2.63. The van der Waals surface area contributed by atoms with E-state index in [9.17, 15) is 4.79 Å². The first kappa shape index (κ1) is 19.2. The number of carbonyl (C=O) groups is 1. The summed E-state index contributed by atoms with van der Waals surface area (Å²) >= 11 is 0. The maximum atomic E-state index is 12.6. The van der Waals surface area contributed by atoms with E-state index in [0.29, 0.717) is 19.6 Å². The lowest BCUT2D eigenvalue weighted by atomic mass is 10.0. The van der Waals surface area contributed by atoms with Crippen LogP contribution in [0.15, 0.2) is 54.6 Å². The van der Waals surface area contributed by atoms with Crippen molar-refractivity contribution in [2.75, 3.05) is 47.4 Å². The summed E-state index contributed by atoms with van der Waals surface area (Å²) in [6.45, 7) is 2.76. The van der Waals surface area contributed by atoms with Crippen LogP contribution >= 0.6 is 0 Å². The summed E-state index contributed by atoms with van der Waals surface area (Å²) in [6, 6.07) is 18.5. The van der Waals surface area contributed by atoms with Crippen LogP contribution in [0, 0.1) is 0 Å². The van der Waals surface area contributed by atoms with Gasteiger partial charge in [-0.2, -0.15) is 0 Å². The standard InChI is InChI=1S/C21H28N2O2/c1-22(2)13-14-23(15-16-25-3)21(24)17-18-9-11-20(12-10-18)19-7-5-4-6-8-19/h4-12H,13-17H2,1-3H3. The van der Waals surface area contributed by atoms with Crippen LogP contribution in [0.5, 0.6) is 0 Å². The minimum atomic E-state index is 0.145. The predicted molar refractivity (Wildman–Crippen MR) is 103 cm³/mol. The molecule has 0 saturated carbocycles. The second-order valence-corrected chi connectivity index (χ2v) is 6.42. The van der Waals surface area contributed by atoms with Crippen LogP contribution in [0.2, 0.25) is 0 Å². The minimum Gasteiger partial charge on any atom is -0.383 e. The van der Waals surface area contributed by atoms with Crippen LogP contribution < -0.4 is 0 Å². The van der Waals surface area contributed by atoms with Gasteiger partial charge in [-0.25, -0.2) is 0 Å². The number of carbonyl (C=O) groups excluding carboxylic acids is 1. The fourth-order valence-corrected chi connectivity index (χ4v) is 2.62. The van der Waals surface area contributed by atoms with Crippen molar-refractivity contribution >= 4 is 5.91 Å². The Morgan fingerprint density at radius 3 is 2.12 bits per heavy atom. The molecular weight excluding hydrogens is 312 g/mol. The maximum Gasteiger partial charge on any atom is 0.227 e. The molecule has 0 radical (unpaired) electrons. The van der Waals surface area contributed by atoms with Crippen molar-refractivity contribution in [3.63, 3.8) is 0 Å². The van der Waals surface area contributed by atoms with Crippen LogP contribution in [0.25, 0.3) is 11.1 Å². The van der Waals surface area contributed by atoms with Gasteiger partial charge in [-0.05, 0) is 30.8 Å². The Morgan fingerprint density at radius 1 is 0.880 bits per heavy atom. The Hall–Kier alpha value is -2.17. The number of likely N-dealkylation sites (N-methyl/N-ethyl adjacent to an activating group) is 1. The molecule has 4 nitrogen and oxygen atoms in total. The zero-order valence-electron chi connectivity index (χ0n) is 15.4. The molecule has 2 aromatic carbocycles. The largest absolute Gasteiger partial charge is 0.383 e. The van der Waals surface area contributed by atoms with Crippen molar-refractivity contribution in [2.24, 2.45) is 0 Å². The van der Waals surface area contributed by atoms with Gasteiger partial charge in [-0.15, -0.1) is 0 Å². The van der Waals surface area contributed by atoms with Crippen molar-refractivity contribution in [2.45, 2.75) is 6.42 Å². The molecule has 0 fully saturated rings. The molecule has 0 unspecified atom stereocenters. The Labute approximate surface area is 151 Å². The molecule has 134 valence electrons. The molecule has 0 aliphatic heterocycles. The molecule has 0 aliphatic carbocycles. The number of nitrogens with zero attached hydrogens (tertiary/aromatic N) is 2. The minimum absolute atomic E-state index is 0.145. The molecule has 0 saturated heterocycles. The van der Waals surface area contributed by atoms with E-state index >= 15 is 0 Å². The van der Waals surface area contributed by atoms with Crippen LogP contribution in [0.1, 0.15) is 5.56 Å². The highest BCUT2D eigenvalue weighted by molar-refractivity contribution is 5.79. The van der Waals surface area contributed by atoms with Gasteiger partial charge < -0.3 is 14.5 Å². The van der Waals surface area contributed by atoms with E-state index < -0.39 is 0 Å². The van der Waals surface area contributed by atoms with E-state index in [2.05, 4.69) is 29.2 Å². The summed E-state index contributed by atoms with van der Waals surface area (Å²) < 4.78 is 5.14. The maximum absolute atomic E-state index is 12.6. The van der Waals surface area contributed by atoms with Crippen LogP contribution in [-0.4, -0.2) is 63.2 Å². The number of amides is 1. The first-order chi connectivity index (χ1) is 12.1. The Balaban J connectivity index is 1.99. The lowest BCUT2D eigenvalue weighted by Crippen LogP contribution is -2.39. The molecule has 2 rings (SSSR count). The Bertz CT molecular complexity index is 639. The third-order valence-corrected chi connectivity index (χ3v) is 4.15. The fraction of sp³-hybridized carbons (Fsp3) is 0.381. The highest BCUT2D eigenvalue weighted by Crippen LogP contribution is 2.19. The summed E-state index contributed by atoms with van der Waals surface area (Å²) in [6.07, 6.45) is 0.423. The second-order valence-electron chi connectivity index (χ2n) is 6.42. The normalized spacial score (nSPS) is 10.9. The molecule has 25 heavy (non-hydrogen) atoms. The van der Waals surface area contributed by atoms with Crippen LogP contribution in [0.3, 0.4) is 0 Å². The van der Waals surface area contributed by atoms with Crippen molar-refractivity contribution in [1.82, 2.24) is 9.80 Å². The Kier molecular flexibility index (Phi) is 7.64. The van der Waals surface area contributed by atoms with Gasteiger partial charge >= 0.3 is 0 Å². The average molecular weight is 340 g/mol. The molecule has 0 aromatic heterocycles. The number of rotatable bonds is 9. The summed E-state index contributed by atoms with van der Waals surface area (Å²) in [7, 11) is 5.69. The molecule has 4 heteroatoms. The molecular formula is C21H28N2O2. The van der Waals surface area contributed by atoms with Crippen molar-refractivity contribution in [3.05, 3.63) is 60.2 Å². The molecule has 0 heterocycles. The van der Waals surface area contributed by atoms with Gasteiger partial charge in [-0.3, -0.25) is 4.79 Å². The summed E-state index contributed by atoms with van der Waals surface area (Å²) in [5.41, 5.74) is 3.39. The molecule has 2 aromatic rings. The number of hydrogen-bond acceptors (Lipinski definition) is 3. The van der Waals surface area contributed by atoms with Crippen molar-refractivity contribution < 1.29 is 9.53 Å². The first-order valence-electron chi connectivity index (χ1n) is 8.66. The third kappa shape index (κ3) is 6.33. The Morgan fingerprint density at radius 2 is 1.52 bits per heavy atom. The zero-order valence-corrected chi connectivity index (χ0v) is 15.4. The number of benzene rings is 2. The van der Waals surface area contributed by atoms with Crippen molar-refractivity contribution in [3.8, 4) is 11.1 Å². The summed E-state index contributed by atoms with van der Waals surface area (Å²) in [4.78, 5) is 16.6. The van der Waals surface area contributed by atoms with Gasteiger partial charge in [0.1, 0.15) is 0 Å². The quantitative estimate of drug-likeness (QED) is 0.704. The number of hydrogen-bond donors (Lipinski definition) is 0. The van der Waals surface area contributed by atoms with E-state index in [1.54, 1.807) is 7.11 Å². The van der Waals surface area contributed by atoms with Crippen LogP contribution in [0.4, 0.5) is 0 Å². The summed E-state index contributed by atoms with van der Waals surface area (Å²) in [5.74, 6) is 0.145. The second kappa shape index (κ2) is 9.97. The van der Waals surface area contributed by atoms with E-state index in [4.69, 9.17) is 4.74 Å². The predicted octanol–water partition coefficient (Wildman–Crippen LogP) is 2.93. The zero-order chi connectivity index (χ0) is 18.1. The van der Waals surface area contributed by atoms with Gasteiger partial charge in [0.05, 0.1) is 13.0 Å². The third-order valence-electron chi connectivity index (χ3n) is 4.15. The number of ether oxygens (including phenoxy) is 1. The van der Waals surface area contributed by atoms with Gasteiger partial charge in [0.2, 0.25) is 5.91 Å². The van der Waals surface area contributed by atoms with Crippen molar-refractivity contribution in [1.29, 1.82) is 0 Å². The lowest BCUT2D eigenvalue weighted by Gasteiger charge is -2.24. The molecule has 0 bridgehead atoms. The number of methoxy groups -OCH3 is 1. The molecule has 0 aliphatic rings. The van der Waals surface area contributed by atoms with E-state index in [-0.39, 0.29) is 5.91 Å². The molecule has 0 atom stereocenters. The highest BCUT2D eigenvalue weighted by atomic mass is 16.5. The van der Waals surface area contributed by atoms with E-state index in [1.807, 2.05) is 49.3 Å². The van der Waals surface area contributed by atoms with Gasteiger partial charge in [0.15, 0.2) is 0 Å². The SMILES string of the molecule is COCCN(CCN(C)C)C(=O)Cc1ccc(-c2ccccc2)cc1. The molecule has 1 amide bonds. The van der Waals surface area contributed by atoms with Gasteiger partial charge in [0, 0.05) is 26.7 Å². The van der Waals surface area contributed by atoms with E-state index in [1.165, 1.54) is 11.1 Å². The molecule has 0 spiro atoms. The monoisotopic (exact) mass is 340 g/mol. The molecule has 0 N–H and O–H groups in total. The fourth-order valence-electron chi connectivity index (χ4n) is 2.62. The highest BCUT2D eigenvalue weighted by Gasteiger charge is 2.14. The van der Waals surface area contributed by atoms with Crippen LogP contribution in [-0.2, 0) is 16.0 Å². The lowest BCUT2D eigenvalue weighted by molar-refractivity contribution is -0.131. The topological polar surface area (TPSA) is 32.8 Å². The smallest absolute Gasteiger partial charge is 0.227 e. The first-order valence-corrected chi connectivity index (χ1v) is 8.66. The van der Waals surface area contributed by atoms with Gasteiger partial charge in [-0.1, -0.05) is 54.6 Å².